The van der Waals surface area contributed by atoms with Crippen molar-refractivity contribution in [3.05, 3.63) is 106 Å². The Balaban J connectivity index is 1.42. The Bertz CT molecular complexity index is 1240. The van der Waals surface area contributed by atoms with Gasteiger partial charge in [0.05, 0.1) is 24.9 Å². The number of amides is 1. The lowest BCUT2D eigenvalue weighted by molar-refractivity contribution is -0.931. The highest BCUT2D eigenvalue weighted by Crippen LogP contribution is 2.38. The summed E-state index contributed by atoms with van der Waals surface area (Å²) in [5, 5.41) is 4.07. The SMILES string of the molecule is Cc1sc(NC(=O)c2ccco2)c(C(c2cccnc2)[NH+]2CCC(Cc3ccccc3)CC2)c1C. The Morgan fingerprint density at radius 2 is 1.91 bits per heavy atom. The molecule has 6 heteroatoms. The van der Waals surface area contributed by atoms with E-state index in [2.05, 4.69) is 60.5 Å². The molecule has 35 heavy (non-hydrogen) atoms. The predicted octanol–water partition coefficient (Wildman–Crippen LogP) is 5.23. The summed E-state index contributed by atoms with van der Waals surface area (Å²) in [5.74, 6) is 0.824. The van der Waals surface area contributed by atoms with E-state index >= 15 is 0 Å². The van der Waals surface area contributed by atoms with Gasteiger partial charge in [-0.3, -0.25) is 9.78 Å². The molecule has 5 rings (SSSR count). The Hall–Kier alpha value is -3.22. The third-order valence-corrected chi connectivity index (χ3v) is 8.37. The molecule has 1 aliphatic rings. The van der Waals surface area contributed by atoms with Crippen molar-refractivity contribution in [1.29, 1.82) is 0 Å². The maximum atomic E-state index is 12.9. The number of nitrogens with one attached hydrogen (secondary N) is 2. The number of rotatable bonds is 7. The van der Waals surface area contributed by atoms with Crippen LogP contribution in [-0.4, -0.2) is 24.0 Å². The number of anilines is 1. The van der Waals surface area contributed by atoms with Crippen LogP contribution in [0.4, 0.5) is 5.00 Å². The molecule has 180 valence electrons. The number of carbonyl (C=O) groups is 1. The van der Waals surface area contributed by atoms with Gasteiger partial charge in [-0.25, -0.2) is 0 Å². The van der Waals surface area contributed by atoms with Crippen molar-refractivity contribution in [2.45, 2.75) is 39.2 Å². The van der Waals surface area contributed by atoms with Gasteiger partial charge in [0.2, 0.25) is 0 Å². The zero-order valence-electron chi connectivity index (χ0n) is 20.3. The van der Waals surface area contributed by atoms with E-state index in [0.717, 1.165) is 24.5 Å². The average molecular weight is 487 g/mol. The van der Waals surface area contributed by atoms with Crippen molar-refractivity contribution < 1.29 is 14.1 Å². The number of aromatic nitrogens is 1. The van der Waals surface area contributed by atoms with Gasteiger partial charge in [-0.05, 0) is 74.4 Å². The summed E-state index contributed by atoms with van der Waals surface area (Å²) in [7, 11) is 0. The first-order chi connectivity index (χ1) is 17.1. The van der Waals surface area contributed by atoms with Crippen LogP contribution in [0.2, 0.25) is 0 Å². The minimum Gasteiger partial charge on any atom is -0.459 e. The molecule has 0 aliphatic carbocycles. The standard InChI is InChI=1S/C29H31N3O2S/c1-20-21(2)35-29(31-28(33)25-11-7-17-34-25)26(20)27(24-10-6-14-30-19-24)32-15-12-23(13-16-32)18-22-8-4-3-5-9-22/h3-11,14,17,19,23,27H,12-13,15-16,18H2,1-2H3,(H,31,33)/p+1. The third kappa shape index (κ3) is 5.24. The first-order valence-electron chi connectivity index (χ1n) is 12.3. The van der Waals surface area contributed by atoms with Gasteiger partial charge in [0, 0.05) is 22.8 Å². The number of nitrogens with zero attached hydrogens (tertiary/aromatic N) is 1. The Morgan fingerprint density at radius 1 is 1.11 bits per heavy atom. The molecule has 1 unspecified atom stereocenters. The predicted molar refractivity (Wildman–Crippen MR) is 140 cm³/mol. The number of likely N-dealkylation sites (tertiary alicyclic amines) is 1. The van der Waals surface area contributed by atoms with Gasteiger partial charge < -0.3 is 14.6 Å². The van der Waals surface area contributed by atoms with Crippen LogP contribution in [0.1, 0.15) is 56.6 Å². The number of pyridine rings is 1. The molecule has 0 bridgehead atoms. The lowest BCUT2D eigenvalue weighted by Gasteiger charge is -2.35. The van der Waals surface area contributed by atoms with Crippen LogP contribution in [0.25, 0.3) is 0 Å². The summed E-state index contributed by atoms with van der Waals surface area (Å²) in [6, 6.07) is 18.6. The van der Waals surface area contributed by atoms with Gasteiger partial charge in [0.15, 0.2) is 5.76 Å². The summed E-state index contributed by atoms with van der Waals surface area (Å²) < 4.78 is 5.34. The van der Waals surface area contributed by atoms with E-state index in [1.165, 1.54) is 51.1 Å². The van der Waals surface area contributed by atoms with Gasteiger partial charge in [-0.2, -0.15) is 0 Å². The highest BCUT2D eigenvalue weighted by molar-refractivity contribution is 7.16. The molecule has 1 aromatic carbocycles. The minimum absolute atomic E-state index is 0.123. The van der Waals surface area contributed by atoms with Crippen molar-refractivity contribution >= 4 is 22.2 Å². The van der Waals surface area contributed by atoms with Gasteiger partial charge >= 0.3 is 0 Å². The number of quaternary nitrogens is 1. The largest absolute Gasteiger partial charge is 0.459 e. The minimum atomic E-state index is -0.209. The van der Waals surface area contributed by atoms with Crippen LogP contribution < -0.4 is 10.2 Å². The molecule has 1 saturated heterocycles. The first kappa shape index (κ1) is 23.5. The molecule has 1 fully saturated rings. The van der Waals surface area contributed by atoms with E-state index in [9.17, 15) is 4.79 Å². The van der Waals surface area contributed by atoms with Gasteiger partial charge in [-0.1, -0.05) is 30.3 Å². The molecule has 4 heterocycles. The zero-order chi connectivity index (χ0) is 24.2. The molecule has 1 atom stereocenters. The lowest BCUT2D eigenvalue weighted by atomic mass is 9.87. The van der Waals surface area contributed by atoms with E-state index in [0.29, 0.717) is 11.7 Å². The fourth-order valence-corrected chi connectivity index (χ4v) is 6.39. The fourth-order valence-electron chi connectivity index (χ4n) is 5.30. The smallest absolute Gasteiger partial charge is 0.291 e. The van der Waals surface area contributed by atoms with Crippen LogP contribution in [0.15, 0.2) is 77.7 Å². The van der Waals surface area contributed by atoms with E-state index in [4.69, 9.17) is 4.42 Å². The molecule has 1 amide bonds. The van der Waals surface area contributed by atoms with Crippen molar-refractivity contribution in [3.8, 4) is 0 Å². The highest BCUT2D eigenvalue weighted by atomic mass is 32.1. The molecule has 0 saturated carbocycles. The van der Waals surface area contributed by atoms with Crippen LogP contribution in [0.5, 0.6) is 0 Å². The summed E-state index contributed by atoms with van der Waals surface area (Å²) in [4.78, 5) is 20.1. The van der Waals surface area contributed by atoms with Crippen LogP contribution in [0, 0.1) is 19.8 Å². The quantitative estimate of drug-likeness (QED) is 0.376. The Labute approximate surface area is 210 Å². The molecular formula is C29H32N3O2S+. The second-order valence-electron chi connectivity index (χ2n) is 9.47. The molecule has 2 N–H and O–H groups in total. The topological polar surface area (TPSA) is 59.6 Å². The number of hydrogen-bond donors (Lipinski definition) is 2. The Kier molecular flexibility index (Phi) is 7.11. The van der Waals surface area contributed by atoms with Gasteiger partial charge in [0.1, 0.15) is 11.0 Å². The third-order valence-electron chi connectivity index (χ3n) is 7.23. The van der Waals surface area contributed by atoms with E-state index in [1.54, 1.807) is 23.5 Å². The average Bonchev–Trinajstić information content (AvgIpc) is 3.52. The lowest BCUT2D eigenvalue weighted by Crippen LogP contribution is -3.13. The number of piperidine rings is 1. The molecule has 1 aliphatic heterocycles. The van der Waals surface area contributed by atoms with E-state index < -0.39 is 0 Å². The maximum Gasteiger partial charge on any atom is 0.291 e. The number of carbonyl (C=O) groups excluding carboxylic acids is 1. The number of thiophene rings is 1. The Morgan fingerprint density at radius 3 is 2.60 bits per heavy atom. The monoisotopic (exact) mass is 486 g/mol. The van der Waals surface area contributed by atoms with Crippen molar-refractivity contribution in [1.82, 2.24) is 4.98 Å². The van der Waals surface area contributed by atoms with Crippen LogP contribution in [0.3, 0.4) is 0 Å². The second-order valence-corrected chi connectivity index (χ2v) is 10.7. The van der Waals surface area contributed by atoms with Gasteiger partial charge in [-0.15, -0.1) is 11.3 Å². The number of furan rings is 1. The summed E-state index contributed by atoms with van der Waals surface area (Å²) >= 11 is 1.65. The summed E-state index contributed by atoms with van der Waals surface area (Å²) in [6.45, 7) is 6.50. The highest BCUT2D eigenvalue weighted by Gasteiger charge is 2.35. The summed E-state index contributed by atoms with van der Waals surface area (Å²) in [6.07, 6.45) is 8.87. The molecule has 0 radical (unpaired) electrons. The molecular weight excluding hydrogens is 454 g/mol. The number of benzene rings is 1. The first-order valence-corrected chi connectivity index (χ1v) is 13.1. The van der Waals surface area contributed by atoms with Crippen molar-refractivity contribution in [2.24, 2.45) is 5.92 Å². The molecule has 0 spiro atoms. The summed E-state index contributed by atoms with van der Waals surface area (Å²) in [5.41, 5.74) is 5.07. The maximum absolute atomic E-state index is 12.9. The molecule has 3 aromatic heterocycles. The number of aryl methyl sites for hydroxylation is 1. The van der Waals surface area contributed by atoms with E-state index in [1.807, 2.05) is 18.5 Å². The molecule has 4 aromatic rings. The van der Waals surface area contributed by atoms with Crippen molar-refractivity contribution in [2.75, 3.05) is 18.4 Å². The zero-order valence-corrected chi connectivity index (χ0v) is 21.1. The van der Waals surface area contributed by atoms with Crippen LogP contribution >= 0.6 is 11.3 Å². The molecule has 5 nitrogen and oxygen atoms in total. The van der Waals surface area contributed by atoms with Crippen molar-refractivity contribution in [3.63, 3.8) is 0 Å². The second kappa shape index (κ2) is 10.6. The van der Waals surface area contributed by atoms with Crippen LogP contribution in [-0.2, 0) is 6.42 Å². The number of hydrogen-bond acceptors (Lipinski definition) is 4. The normalized spacial score (nSPS) is 18.8. The van der Waals surface area contributed by atoms with E-state index in [-0.39, 0.29) is 11.9 Å². The van der Waals surface area contributed by atoms with Gasteiger partial charge in [0.25, 0.3) is 5.91 Å². The fraction of sp³-hybridized carbons (Fsp3) is 0.310.